The summed E-state index contributed by atoms with van der Waals surface area (Å²) < 4.78 is 30.2. The first-order valence-corrected chi connectivity index (χ1v) is 10.8. The van der Waals surface area contributed by atoms with Crippen molar-refractivity contribution in [1.29, 1.82) is 0 Å². The summed E-state index contributed by atoms with van der Waals surface area (Å²) in [7, 11) is -1.82. The molecular formula is C21H26N2O4S. The number of carbonyl (C=O) groups is 1. The molecule has 0 saturated carbocycles. The monoisotopic (exact) mass is 402 g/mol. The molecule has 0 unspecified atom stereocenters. The summed E-state index contributed by atoms with van der Waals surface area (Å²) in [5, 5.41) is 3.01. The highest BCUT2D eigenvalue weighted by Crippen LogP contribution is 2.22. The highest BCUT2D eigenvalue weighted by molar-refractivity contribution is 7.92. The van der Waals surface area contributed by atoms with Crippen LogP contribution in [-0.2, 0) is 10.0 Å². The highest BCUT2D eigenvalue weighted by Gasteiger charge is 2.18. The number of carbonyl (C=O) groups excluding carboxylic acids is 1. The van der Waals surface area contributed by atoms with E-state index in [4.69, 9.17) is 4.74 Å². The van der Waals surface area contributed by atoms with Crippen LogP contribution in [0.4, 0.5) is 5.69 Å². The van der Waals surface area contributed by atoms with Crippen LogP contribution in [0.15, 0.2) is 61.2 Å². The number of ether oxygens (including phenoxy) is 1. The van der Waals surface area contributed by atoms with Gasteiger partial charge in [0.05, 0.1) is 31.6 Å². The number of hydrogen-bond acceptors (Lipinski definition) is 4. The van der Waals surface area contributed by atoms with Crippen molar-refractivity contribution in [2.45, 2.75) is 19.4 Å². The molecule has 150 valence electrons. The second-order valence-corrected chi connectivity index (χ2v) is 8.24. The third kappa shape index (κ3) is 5.36. The largest absolute Gasteiger partial charge is 0.497 e. The first kappa shape index (κ1) is 21.5. The average molecular weight is 403 g/mol. The number of amides is 1. The van der Waals surface area contributed by atoms with Crippen LogP contribution in [0.2, 0.25) is 0 Å². The number of rotatable bonds is 9. The first-order chi connectivity index (χ1) is 13.3. The molecular weight excluding hydrogens is 376 g/mol. The molecule has 6 nitrogen and oxygen atoms in total. The van der Waals surface area contributed by atoms with Gasteiger partial charge in [0.15, 0.2) is 0 Å². The minimum absolute atomic E-state index is 0.133. The average Bonchev–Trinajstić information content (AvgIpc) is 2.69. The zero-order valence-electron chi connectivity index (χ0n) is 16.4. The summed E-state index contributed by atoms with van der Waals surface area (Å²) in [6.45, 7) is 5.75. The molecule has 2 rings (SSSR count). The molecule has 2 aromatic rings. The number of methoxy groups -OCH3 is 1. The number of benzene rings is 2. The maximum Gasteiger partial charge on any atom is 0.251 e. The van der Waals surface area contributed by atoms with Crippen molar-refractivity contribution in [2.75, 3.05) is 24.2 Å². The van der Waals surface area contributed by atoms with Gasteiger partial charge in [0.25, 0.3) is 5.91 Å². The third-order valence-corrected chi connectivity index (χ3v) is 5.51. The van der Waals surface area contributed by atoms with E-state index in [1.54, 1.807) is 31.4 Å². The summed E-state index contributed by atoms with van der Waals surface area (Å²) in [5.74, 6) is 0.541. The number of nitrogens with one attached hydrogen (secondary N) is 1. The predicted molar refractivity (Wildman–Crippen MR) is 112 cm³/mol. The molecule has 1 atom stereocenters. The van der Waals surface area contributed by atoms with Crippen LogP contribution in [0.3, 0.4) is 0 Å². The molecule has 0 spiro atoms. The van der Waals surface area contributed by atoms with Gasteiger partial charge in [-0.2, -0.15) is 0 Å². The molecule has 2 aromatic carbocycles. The van der Waals surface area contributed by atoms with E-state index < -0.39 is 10.0 Å². The van der Waals surface area contributed by atoms with Gasteiger partial charge in [-0.15, -0.1) is 6.58 Å². The van der Waals surface area contributed by atoms with Gasteiger partial charge in [0.2, 0.25) is 10.0 Å². The number of anilines is 1. The van der Waals surface area contributed by atoms with Gasteiger partial charge in [0.1, 0.15) is 5.75 Å². The lowest BCUT2D eigenvalue weighted by atomic mass is 10.0. The van der Waals surface area contributed by atoms with Crippen molar-refractivity contribution < 1.29 is 17.9 Å². The minimum atomic E-state index is -3.43. The molecule has 0 aliphatic carbocycles. The van der Waals surface area contributed by atoms with E-state index in [-0.39, 0.29) is 18.5 Å². The van der Waals surface area contributed by atoms with Gasteiger partial charge in [-0.25, -0.2) is 8.42 Å². The Morgan fingerprint density at radius 2 is 1.79 bits per heavy atom. The van der Waals surface area contributed by atoms with Crippen molar-refractivity contribution in [3.63, 3.8) is 0 Å². The van der Waals surface area contributed by atoms with Crippen LogP contribution in [0.25, 0.3) is 0 Å². The molecule has 0 bridgehead atoms. The summed E-state index contributed by atoms with van der Waals surface area (Å²) in [6, 6.07) is 13.9. The summed E-state index contributed by atoms with van der Waals surface area (Å²) in [4.78, 5) is 12.6. The molecule has 0 saturated heterocycles. The van der Waals surface area contributed by atoms with E-state index in [1.807, 2.05) is 31.2 Å². The molecule has 1 amide bonds. The Balaban J connectivity index is 2.15. The van der Waals surface area contributed by atoms with E-state index in [9.17, 15) is 13.2 Å². The molecule has 0 fully saturated rings. The third-order valence-electron chi connectivity index (χ3n) is 4.34. The smallest absolute Gasteiger partial charge is 0.251 e. The lowest BCUT2D eigenvalue weighted by molar-refractivity contribution is 0.0935. The van der Waals surface area contributed by atoms with Crippen LogP contribution in [0.1, 0.15) is 35.3 Å². The molecule has 28 heavy (non-hydrogen) atoms. The molecule has 7 heteroatoms. The van der Waals surface area contributed by atoms with Crippen LogP contribution in [0.5, 0.6) is 5.75 Å². The Morgan fingerprint density at radius 1 is 1.18 bits per heavy atom. The standard InChI is InChI=1S/C21H26N2O4S/c1-5-15-23(28(4,25)26)18-11-7-17(8-12-18)21(24)22-20(6-2)16-9-13-19(27-3)14-10-16/h5,7-14,20H,1,6,15H2,2-4H3,(H,22,24)/t20-/m0/s1. The second-order valence-electron chi connectivity index (χ2n) is 6.34. The van der Waals surface area contributed by atoms with E-state index in [0.29, 0.717) is 11.3 Å². The zero-order valence-corrected chi connectivity index (χ0v) is 17.2. The van der Waals surface area contributed by atoms with Gasteiger partial charge >= 0.3 is 0 Å². The number of sulfonamides is 1. The fraction of sp³-hybridized carbons (Fsp3) is 0.286. The van der Waals surface area contributed by atoms with Gasteiger partial charge in [-0.1, -0.05) is 25.1 Å². The Kier molecular flexibility index (Phi) is 7.23. The maximum absolute atomic E-state index is 12.6. The lowest BCUT2D eigenvalue weighted by Gasteiger charge is -2.21. The van der Waals surface area contributed by atoms with Crippen molar-refractivity contribution in [2.24, 2.45) is 0 Å². The quantitative estimate of drug-likeness (QED) is 0.651. The van der Waals surface area contributed by atoms with Gasteiger partial charge in [0, 0.05) is 5.56 Å². The van der Waals surface area contributed by atoms with E-state index in [0.717, 1.165) is 24.0 Å². The van der Waals surface area contributed by atoms with Crippen molar-refractivity contribution in [1.82, 2.24) is 5.32 Å². The normalized spacial score (nSPS) is 12.1. The molecule has 0 heterocycles. The van der Waals surface area contributed by atoms with E-state index >= 15 is 0 Å². The van der Waals surface area contributed by atoms with E-state index in [1.165, 1.54) is 10.4 Å². The lowest BCUT2D eigenvalue weighted by Crippen LogP contribution is -2.30. The van der Waals surface area contributed by atoms with Crippen LogP contribution in [-0.4, -0.2) is 34.2 Å². The molecule has 0 radical (unpaired) electrons. The van der Waals surface area contributed by atoms with Gasteiger partial charge in [-0.3, -0.25) is 9.10 Å². The Labute approximate surface area is 166 Å². The Morgan fingerprint density at radius 3 is 2.25 bits per heavy atom. The zero-order chi connectivity index (χ0) is 20.7. The molecule has 0 aliphatic rings. The summed E-state index contributed by atoms with van der Waals surface area (Å²) >= 11 is 0. The van der Waals surface area contributed by atoms with Crippen LogP contribution in [0, 0.1) is 0 Å². The van der Waals surface area contributed by atoms with Crippen molar-refractivity contribution >= 4 is 21.6 Å². The van der Waals surface area contributed by atoms with Crippen LogP contribution >= 0.6 is 0 Å². The molecule has 1 N–H and O–H groups in total. The first-order valence-electron chi connectivity index (χ1n) is 8.93. The highest BCUT2D eigenvalue weighted by atomic mass is 32.2. The second kappa shape index (κ2) is 9.41. The van der Waals surface area contributed by atoms with E-state index in [2.05, 4.69) is 11.9 Å². The SMILES string of the molecule is C=CCN(c1ccc(C(=O)N[C@@H](CC)c2ccc(OC)cc2)cc1)S(C)(=O)=O. The Bertz CT molecular complexity index is 906. The van der Waals surface area contributed by atoms with Gasteiger partial charge < -0.3 is 10.1 Å². The summed E-state index contributed by atoms with van der Waals surface area (Å²) in [5.41, 5.74) is 1.94. The topological polar surface area (TPSA) is 75.7 Å². The predicted octanol–water partition coefficient (Wildman–Crippen LogP) is 3.53. The van der Waals surface area contributed by atoms with Crippen molar-refractivity contribution in [3.05, 3.63) is 72.3 Å². The summed E-state index contributed by atoms with van der Waals surface area (Å²) in [6.07, 6.45) is 3.39. The fourth-order valence-corrected chi connectivity index (χ4v) is 3.71. The molecule has 0 aliphatic heterocycles. The van der Waals surface area contributed by atoms with Gasteiger partial charge in [-0.05, 0) is 48.4 Å². The molecule has 0 aromatic heterocycles. The minimum Gasteiger partial charge on any atom is -0.497 e. The fourth-order valence-electron chi connectivity index (χ4n) is 2.83. The van der Waals surface area contributed by atoms with Crippen molar-refractivity contribution in [3.8, 4) is 5.75 Å². The number of hydrogen-bond donors (Lipinski definition) is 1. The number of nitrogens with zero attached hydrogens (tertiary/aromatic N) is 1. The maximum atomic E-state index is 12.6. The Hall–Kier alpha value is -2.80. The van der Waals surface area contributed by atoms with Crippen LogP contribution < -0.4 is 14.4 Å².